The van der Waals surface area contributed by atoms with Crippen LogP contribution in [-0.2, 0) is 13.0 Å². The van der Waals surface area contributed by atoms with Crippen molar-refractivity contribution >= 4 is 0 Å². The van der Waals surface area contributed by atoms with Gasteiger partial charge in [0, 0.05) is 37.6 Å². The summed E-state index contributed by atoms with van der Waals surface area (Å²) in [6.45, 7) is 3.03. The summed E-state index contributed by atoms with van der Waals surface area (Å²) in [5.74, 6) is 1.51. The third-order valence-corrected chi connectivity index (χ3v) is 3.75. The predicted molar refractivity (Wildman–Crippen MR) is 86.2 cm³/mol. The average molecular weight is 301 g/mol. The van der Waals surface area contributed by atoms with E-state index < -0.39 is 0 Å². The van der Waals surface area contributed by atoms with Crippen LogP contribution in [0.5, 0.6) is 11.5 Å². The van der Waals surface area contributed by atoms with Crippen molar-refractivity contribution in [1.82, 2.24) is 14.9 Å². The Balaban J connectivity index is 2.00. The van der Waals surface area contributed by atoms with Gasteiger partial charge in [-0.15, -0.1) is 0 Å². The largest absolute Gasteiger partial charge is 0.493 e. The average Bonchev–Trinajstić information content (AvgIpc) is 2.55. The second-order valence-electron chi connectivity index (χ2n) is 5.35. The smallest absolute Gasteiger partial charge is 0.161 e. The fraction of sp³-hybridized carbons (Fsp3) is 0.412. The van der Waals surface area contributed by atoms with Gasteiger partial charge in [-0.1, -0.05) is 6.07 Å². The van der Waals surface area contributed by atoms with Gasteiger partial charge in [0.1, 0.15) is 0 Å². The second kappa shape index (κ2) is 7.75. The molecule has 118 valence electrons. The molecular formula is C17H23N3O2. The minimum Gasteiger partial charge on any atom is -0.493 e. The van der Waals surface area contributed by atoms with Crippen molar-refractivity contribution in [2.75, 3.05) is 21.3 Å². The van der Waals surface area contributed by atoms with Crippen LogP contribution in [0.4, 0.5) is 0 Å². The van der Waals surface area contributed by atoms with Crippen LogP contribution in [0.3, 0.4) is 0 Å². The molecule has 0 bridgehead atoms. The minimum atomic E-state index is 0.366. The second-order valence-corrected chi connectivity index (χ2v) is 5.35. The van der Waals surface area contributed by atoms with Crippen LogP contribution in [0.25, 0.3) is 0 Å². The highest BCUT2D eigenvalue weighted by atomic mass is 16.5. The number of aromatic nitrogens is 2. The zero-order valence-corrected chi connectivity index (χ0v) is 13.6. The van der Waals surface area contributed by atoms with Gasteiger partial charge >= 0.3 is 0 Å². The summed E-state index contributed by atoms with van der Waals surface area (Å²) >= 11 is 0. The first-order chi connectivity index (χ1) is 10.6. The summed E-state index contributed by atoms with van der Waals surface area (Å²) < 4.78 is 10.6. The molecule has 1 aromatic heterocycles. The van der Waals surface area contributed by atoms with Gasteiger partial charge in [0.05, 0.1) is 19.9 Å². The lowest BCUT2D eigenvalue weighted by Gasteiger charge is -2.24. The quantitative estimate of drug-likeness (QED) is 0.786. The fourth-order valence-corrected chi connectivity index (χ4v) is 2.32. The van der Waals surface area contributed by atoms with Gasteiger partial charge in [0.25, 0.3) is 0 Å². The van der Waals surface area contributed by atoms with Crippen LogP contribution in [0.15, 0.2) is 36.8 Å². The summed E-state index contributed by atoms with van der Waals surface area (Å²) in [5, 5.41) is 0. The molecule has 2 rings (SSSR count). The summed E-state index contributed by atoms with van der Waals surface area (Å²) in [6.07, 6.45) is 6.12. The zero-order chi connectivity index (χ0) is 15.9. The van der Waals surface area contributed by atoms with Crippen molar-refractivity contribution in [2.24, 2.45) is 0 Å². The SMILES string of the molecule is COc1ccc(CN(C)[C@H](C)Cc2cnccn2)cc1OC. The van der Waals surface area contributed by atoms with E-state index in [1.165, 1.54) is 5.56 Å². The van der Waals surface area contributed by atoms with E-state index in [1.807, 2.05) is 18.3 Å². The number of nitrogens with zero attached hydrogens (tertiary/aromatic N) is 3. The van der Waals surface area contributed by atoms with Gasteiger partial charge < -0.3 is 9.47 Å². The Hall–Kier alpha value is -2.14. The van der Waals surface area contributed by atoms with E-state index >= 15 is 0 Å². The maximum absolute atomic E-state index is 5.35. The third kappa shape index (κ3) is 4.18. The van der Waals surface area contributed by atoms with Gasteiger partial charge in [-0.05, 0) is 31.7 Å². The number of methoxy groups -OCH3 is 2. The number of likely N-dealkylation sites (N-methyl/N-ethyl adjacent to an activating group) is 1. The van der Waals surface area contributed by atoms with E-state index in [4.69, 9.17) is 9.47 Å². The first kappa shape index (κ1) is 16.2. The first-order valence-corrected chi connectivity index (χ1v) is 7.30. The van der Waals surface area contributed by atoms with Crippen molar-refractivity contribution in [1.29, 1.82) is 0 Å². The topological polar surface area (TPSA) is 47.5 Å². The van der Waals surface area contributed by atoms with E-state index in [1.54, 1.807) is 26.6 Å². The maximum atomic E-state index is 5.35. The molecule has 2 aromatic rings. The normalized spacial score (nSPS) is 12.2. The van der Waals surface area contributed by atoms with Gasteiger partial charge in [-0.2, -0.15) is 0 Å². The Morgan fingerprint density at radius 1 is 1.14 bits per heavy atom. The Morgan fingerprint density at radius 2 is 1.91 bits per heavy atom. The van der Waals surface area contributed by atoms with E-state index in [9.17, 15) is 0 Å². The van der Waals surface area contributed by atoms with Gasteiger partial charge in [0.15, 0.2) is 11.5 Å². The minimum absolute atomic E-state index is 0.366. The van der Waals surface area contributed by atoms with Crippen LogP contribution in [-0.4, -0.2) is 42.2 Å². The molecule has 1 aromatic carbocycles. The van der Waals surface area contributed by atoms with Crippen LogP contribution in [0.1, 0.15) is 18.2 Å². The molecule has 0 spiro atoms. The molecule has 22 heavy (non-hydrogen) atoms. The summed E-state index contributed by atoms with van der Waals surface area (Å²) in [6, 6.07) is 6.39. The zero-order valence-electron chi connectivity index (χ0n) is 13.6. The molecule has 0 saturated heterocycles. The van der Waals surface area contributed by atoms with Gasteiger partial charge in [-0.25, -0.2) is 0 Å². The van der Waals surface area contributed by atoms with Crippen molar-refractivity contribution in [2.45, 2.75) is 25.9 Å². The number of ether oxygens (including phenoxy) is 2. The molecule has 5 heteroatoms. The monoisotopic (exact) mass is 301 g/mol. The number of benzene rings is 1. The van der Waals surface area contributed by atoms with Crippen LogP contribution >= 0.6 is 0 Å². The Morgan fingerprint density at radius 3 is 2.55 bits per heavy atom. The molecule has 0 unspecified atom stereocenters. The van der Waals surface area contributed by atoms with Crippen molar-refractivity contribution in [3.8, 4) is 11.5 Å². The fourth-order valence-electron chi connectivity index (χ4n) is 2.32. The molecule has 1 heterocycles. The highest BCUT2D eigenvalue weighted by Gasteiger charge is 2.13. The third-order valence-electron chi connectivity index (χ3n) is 3.75. The lowest BCUT2D eigenvalue weighted by atomic mass is 10.1. The molecule has 0 radical (unpaired) electrons. The van der Waals surface area contributed by atoms with Crippen molar-refractivity contribution in [3.05, 3.63) is 48.0 Å². The Kier molecular flexibility index (Phi) is 5.72. The van der Waals surface area contributed by atoms with Gasteiger partial charge in [0.2, 0.25) is 0 Å². The van der Waals surface area contributed by atoms with Crippen molar-refractivity contribution < 1.29 is 9.47 Å². The van der Waals surface area contributed by atoms with Crippen molar-refractivity contribution in [3.63, 3.8) is 0 Å². The lowest BCUT2D eigenvalue weighted by Crippen LogP contribution is -2.30. The number of hydrogen-bond acceptors (Lipinski definition) is 5. The summed E-state index contributed by atoms with van der Waals surface area (Å²) in [5.41, 5.74) is 2.19. The van der Waals surface area contributed by atoms with E-state index in [0.717, 1.165) is 30.2 Å². The molecule has 0 amide bonds. The molecule has 0 saturated carbocycles. The Labute approximate surface area is 131 Å². The number of hydrogen-bond donors (Lipinski definition) is 0. The van der Waals surface area contributed by atoms with Crippen LogP contribution < -0.4 is 9.47 Å². The molecular weight excluding hydrogens is 278 g/mol. The van der Waals surface area contributed by atoms with E-state index in [2.05, 4.69) is 34.9 Å². The van der Waals surface area contributed by atoms with Gasteiger partial charge in [-0.3, -0.25) is 14.9 Å². The van der Waals surface area contributed by atoms with E-state index in [0.29, 0.717) is 6.04 Å². The molecule has 0 aliphatic carbocycles. The molecule has 0 aliphatic rings. The number of rotatable bonds is 7. The Bertz CT molecular complexity index is 590. The van der Waals surface area contributed by atoms with Crippen LogP contribution in [0.2, 0.25) is 0 Å². The standard InChI is InChI=1S/C17H23N3O2/c1-13(9-15-11-18-7-8-19-15)20(2)12-14-5-6-16(21-3)17(10-14)22-4/h5-8,10-11,13H,9,12H2,1-4H3/t13-/m1/s1. The lowest BCUT2D eigenvalue weighted by molar-refractivity contribution is 0.246. The first-order valence-electron chi connectivity index (χ1n) is 7.30. The highest BCUT2D eigenvalue weighted by Crippen LogP contribution is 2.28. The molecule has 0 fully saturated rings. The molecule has 1 atom stereocenters. The predicted octanol–water partition coefficient (Wildman–Crippen LogP) is 2.56. The van der Waals surface area contributed by atoms with Crippen LogP contribution in [0, 0.1) is 0 Å². The summed E-state index contributed by atoms with van der Waals surface area (Å²) in [7, 11) is 5.41. The molecule has 0 N–H and O–H groups in total. The molecule has 0 aliphatic heterocycles. The highest BCUT2D eigenvalue weighted by molar-refractivity contribution is 5.42. The summed E-state index contributed by atoms with van der Waals surface area (Å²) in [4.78, 5) is 10.7. The molecule has 5 nitrogen and oxygen atoms in total. The maximum Gasteiger partial charge on any atom is 0.161 e. The van der Waals surface area contributed by atoms with E-state index in [-0.39, 0.29) is 0 Å².